The number of nitrogens with zero attached hydrogens (tertiary/aromatic N) is 3. The van der Waals surface area contributed by atoms with Gasteiger partial charge in [-0.3, -0.25) is 0 Å². The molecule has 0 saturated heterocycles. The number of benzene rings is 2. The van der Waals surface area contributed by atoms with Gasteiger partial charge in [0, 0.05) is 18.6 Å². The molecule has 2 unspecified atom stereocenters. The third-order valence-electron chi connectivity index (χ3n) is 6.75. The lowest BCUT2D eigenvalue weighted by Gasteiger charge is -2.20. The molecule has 0 amide bonds. The molecule has 0 aliphatic heterocycles. The molecule has 2 heterocycles. The van der Waals surface area contributed by atoms with Crippen molar-refractivity contribution in [2.45, 2.75) is 51.8 Å². The van der Waals surface area contributed by atoms with E-state index < -0.39 is 6.10 Å². The van der Waals surface area contributed by atoms with Gasteiger partial charge in [0.2, 0.25) is 11.8 Å². The van der Waals surface area contributed by atoms with Crippen LogP contribution in [0.3, 0.4) is 0 Å². The lowest BCUT2D eigenvalue weighted by molar-refractivity contribution is 0.0908. The maximum atomic E-state index is 10.3. The van der Waals surface area contributed by atoms with Crippen molar-refractivity contribution in [2.75, 3.05) is 17.2 Å². The first-order valence-electron chi connectivity index (χ1n) is 12.0. The summed E-state index contributed by atoms with van der Waals surface area (Å²) >= 11 is 0. The summed E-state index contributed by atoms with van der Waals surface area (Å²) in [5.74, 6) is 1.39. The zero-order valence-electron chi connectivity index (χ0n) is 20.2. The maximum absolute atomic E-state index is 10.3. The van der Waals surface area contributed by atoms with Crippen molar-refractivity contribution in [3.05, 3.63) is 65.4 Å². The topological polar surface area (TPSA) is 116 Å². The number of hydrogen-bond acceptors (Lipinski definition) is 8. The Bertz CT molecular complexity index is 1290. The normalized spacial score (nSPS) is 20.8. The van der Waals surface area contributed by atoms with Crippen LogP contribution in [0.1, 0.15) is 42.6 Å². The predicted molar refractivity (Wildman–Crippen MR) is 136 cm³/mol. The van der Waals surface area contributed by atoms with Crippen molar-refractivity contribution in [2.24, 2.45) is 5.92 Å². The number of hydrogen-bond donors (Lipinski definition) is 4. The first-order valence-corrected chi connectivity index (χ1v) is 12.0. The first-order chi connectivity index (χ1) is 16.9. The summed E-state index contributed by atoms with van der Waals surface area (Å²) < 4.78 is 6.06. The Hall–Kier alpha value is -3.49. The minimum Gasteiger partial charge on any atom is -0.436 e. The van der Waals surface area contributed by atoms with Crippen LogP contribution >= 0.6 is 0 Å². The van der Waals surface area contributed by atoms with Gasteiger partial charge in [0.25, 0.3) is 0 Å². The molecule has 8 heteroatoms. The van der Waals surface area contributed by atoms with Crippen molar-refractivity contribution < 1.29 is 14.6 Å². The molecule has 0 spiro atoms. The Morgan fingerprint density at radius 3 is 2.51 bits per heavy atom. The molecule has 35 heavy (non-hydrogen) atoms. The van der Waals surface area contributed by atoms with E-state index in [1.807, 2.05) is 31.2 Å². The van der Waals surface area contributed by atoms with Crippen LogP contribution < -0.4 is 10.6 Å². The quantitative estimate of drug-likeness (QED) is 0.307. The predicted octanol–water partition coefficient (Wildman–Crippen LogP) is 4.62. The third-order valence-corrected chi connectivity index (χ3v) is 6.75. The second kappa shape index (κ2) is 9.64. The molecular weight excluding hydrogens is 442 g/mol. The number of oxazole rings is 1. The molecular formula is C27H31N5O3. The van der Waals surface area contributed by atoms with E-state index in [0.717, 1.165) is 16.8 Å². The standard InChI is InChI=1S/C27H31N5O3/c1-15-8-10-18(11-9-15)16(2)28-27-29-17(3)24(26-31-21-6-4-5-7-23(21)35-26)25(32-27)30-20-12-19(14-33)22(34)13-20/h4-11,16,19-20,22,33-34H,12-14H2,1-3H3,(H2,28,29,30,32)/t16-,19?,20?,22+/m1/s1. The number of aliphatic hydroxyl groups is 2. The van der Waals surface area contributed by atoms with Gasteiger partial charge in [-0.25, -0.2) is 9.97 Å². The van der Waals surface area contributed by atoms with Crippen molar-refractivity contribution in [1.29, 1.82) is 0 Å². The van der Waals surface area contributed by atoms with E-state index in [0.29, 0.717) is 41.6 Å². The molecule has 0 radical (unpaired) electrons. The summed E-state index contributed by atoms with van der Waals surface area (Å²) in [5, 5.41) is 26.8. The largest absolute Gasteiger partial charge is 0.436 e. The number of fused-ring (bicyclic) bond motifs is 1. The van der Waals surface area contributed by atoms with E-state index in [9.17, 15) is 10.2 Å². The van der Waals surface area contributed by atoms with Gasteiger partial charge in [0.05, 0.1) is 17.8 Å². The average Bonchev–Trinajstić information content (AvgIpc) is 3.41. The number of aliphatic hydroxyl groups excluding tert-OH is 2. The fourth-order valence-electron chi connectivity index (χ4n) is 4.72. The third kappa shape index (κ3) is 4.85. The van der Waals surface area contributed by atoms with Crippen LogP contribution in [-0.4, -0.2) is 43.9 Å². The van der Waals surface area contributed by atoms with Crippen LogP contribution in [0.5, 0.6) is 0 Å². The molecule has 4 aromatic rings. The van der Waals surface area contributed by atoms with Crippen molar-refractivity contribution in [3.63, 3.8) is 0 Å². The fraction of sp³-hybridized carbons (Fsp3) is 0.370. The molecule has 0 bridgehead atoms. The van der Waals surface area contributed by atoms with Crippen molar-refractivity contribution >= 4 is 22.9 Å². The van der Waals surface area contributed by atoms with Gasteiger partial charge in [0.1, 0.15) is 16.9 Å². The molecule has 1 aliphatic carbocycles. The average molecular weight is 474 g/mol. The van der Waals surface area contributed by atoms with E-state index in [4.69, 9.17) is 14.4 Å². The number of nitrogens with one attached hydrogen (secondary N) is 2. The first kappa shape index (κ1) is 23.3. The number of rotatable bonds is 7. The molecule has 2 aromatic carbocycles. The summed E-state index contributed by atoms with van der Waals surface area (Å²) in [5.41, 5.74) is 5.22. The minimum absolute atomic E-state index is 0.00472. The van der Waals surface area contributed by atoms with Crippen LogP contribution in [0, 0.1) is 19.8 Å². The van der Waals surface area contributed by atoms with E-state index >= 15 is 0 Å². The molecule has 5 rings (SSSR count). The molecule has 1 fully saturated rings. The SMILES string of the molecule is Cc1ccc([C@@H](C)Nc2nc(C)c(-c3nc4ccccc4o3)c(NC3CC(CO)[C@@H](O)C3)n2)cc1. The van der Waals surface area contributed by atoms with Gasteiger partial charge in [-0.2, -0.15) is 4.98 Å². The van der Waals surface area contributed by atoms with Gasteiger partial charge in [-0.05, 0) is 51.3 Å². The number of anilines is 2. The van der Waals surface area contributed by atoms with Crippen LogP contribution in [0.2, 0.25) is 0 Å². The zero-order chi connectivity index (χ0) is 24.5. The lowest BCUT2D eigenvalue weighted by Crippen LogP contribution is -2.20. The van der Waals surface area contributed by atoms with Crippen molar-refractivity contribution in [3.8, 4) is 11.5 Å². The molecule has 4 atom stereocenters. The molecule has 2 aromatic heterocycles. The number of aryl methyl sites for hydroxylation is 2. The smallest absolute Gasteiger partial charge is 0.232 e. The second-order valence-corrected chi connectivity index (χ2v) is 9.44. The maximum Gasteiger partial charge on any atom is 0.232 e. The zero-order valence-corrected chi connectivity index (χ0v) is 20.2. The molecule has 182 valence electrons. The van der Waals surface area contributed by atoms with E-state index in [-0.39, 0.29) is 24.6 Å². The monoisotopic (exact) mass is 473 g/mol. The Morgan fingerprint density at radius 2 is 1.80 bits per heavy atom. The Labute approximate surface area is 204 Å². The van der Waals surface area contributed by atoms with Gasteiger partial charge in [-0.1, -0.05) is 42.0 Å². The van der Waals surface area contributed by atoms with Gasteiger partial charge in [-0.15, -0.1) is 0 Å². The van der Waals surface area contributed by atoms with E-state index in [2.05, 4.69) is 53.7 Å². The van der Waals surface area contributed by atoms with Crippen LogP contribution in [0.25, 0.3) is 22.6 Å². The lowest BCUT2D eigenvalue weighted by atomic mass is 10.1. The number of para-hydroxylation sites is 2. The Balaban J connectivity index is 1.51. The molecule has 1 aliphatic rings. The van der Waals surface area contributed by atoms with E-state index in [1.165, 1.54) is 5.56 Å². The molecule has 8 nitrogen and oxygen atoms in total. The van der Waals surface area contributed by atoms with Gasteiger partial charge < -0.3 is 25.3 Å². The second-order valence-electron chi connectivity index (χ2n) is 9.44. The van der Waals surface area contributed by atoms with E-state index in [1.54, 1.807) is 0 Å². The van der Waals surface area contributed by atoms with Crippen LogP contribution in [0.15, 0.2) is 52.9 Å². The minimum atomic E-state index is -0.549. The Morgan fingerprint density at radius 1 is 1.03 bits per heavy atom. The highest BCUT2D eigenvalue weighted by Crippen LogP contribution is 2.35. The van der Waals surface area contributed by atoms with Gasteiger partial charge >= 0.3 is 0 Å². The summed E-state index contributed by atoms with van der Waals surface area (Å²) in [6.45, 7) is 6.02. The highest BCUT2D eigenvalue weighted by Gasteiger charge is 2.33. The van der Waals surface area contributed by atoms with Crippen LogP contribution in [0.4, 0.5) is 11.8 Å². The van der Waals surface area contributed by atoms with Crippen LogP contribution in [-0.2, 0) is 0 Å². The summed E-state index contributed by atoms with van der Waals surface area (Å²) in [6.07, 6.45) is 0.632. The molecule has 1 saturated carbocycles. The summed E-state index contributed by atoms with van der Waals surface area (Å²) in [7, 11) is 0. The molecule has 4 N–H and O–H groups in total. The highest BCUT2D eigenvalue weighted by atomic mass is 16.3. The van der Waals surface area contributed by atoms with Gasteiger partial charge in [0.15, 0.2) is 5.58 Å². The summed E-state index contributed by atoms with van der Waals surface area (Å²) in [6, 6.07) is 16.0. The summed E-state index contributed by atoms with van der Waals surface area (Å²) in [4.78, 5) is 14.2. The number of aromatic nitrogens is 3. The fourth-order valence-corrected chi connectivity index (χ4v) is 4.72. The van der Waals surface area contributed by atoms with Crippen molar-refractivity contribution in [1.82, 2.24) is 15.0 Å². The highest BCUT2D eigenvalue weighted by molar-refractivity contribution is 5.80. The Kier molecular flexibility index (Phi) is 6.40.